The van der Waals surface area contributed by atoms with E-state index in [1.54, 1.807) is 0 Å². The molecule has 7 nitrogen and oxygen atoms in total. The van der Waals surface area contributed by atoms with E-state index in [4.69, 9.17) is 17.2 Å². The molecule has 1 amide bonds. The molecular formula is C12H13F3N6O. The minimum Gasteiger partial charge on any atom is -0.370 e. The maximum absolute atomic E-state index is 12.5. The summed E-state index contributed by atoms with van der Waals surface area (Å²) in [6, 6.07) is 4.34. The number of rotatable bonds is 1. The SMILES string of the molecule is NC(N)=NC(N)=Nc1ccc2c(c1)CCN2C(=O)C(F)(F)F. The third kappa shape index (κ3) is 3.27. The highest BCUT2D eigenvalue weighted by atomic mass is 19.4. The molecule has 6 N–H and O–H groups in total. The zero-order chi connectivity index (χ0) is 16.5. The Bertz CT molecular complexity index is 663. The van der Waals surface area contributed by atoms with Gasteiger partial charge in [0.2, 0.25) is 5.96 Å². The van der Waals surface area contributed by atoms with Crippen molar-refractivity contribution in [2.24, 2.45) is 27.2 Å². The molecule has 0 spiro atoms. The maximum Gasteiger partial charge on any atom is 0.471 e. The Balaban J connectivity index is 2.28. The fourth-order valence-corrected chi connectivity index (χ4v) is 2.11. The molecular weight excluding hydrogens is 301 g/mol. The van der Waals surface area contributed by atoms with E-state index in [1.807, 2.05) is 0 Å². The molecule has 1 aromatic carbocycles. The van der Waals surface area contributed by atoms with Crippen LogP contribution in [-0.2, 0) is 11.2 Å². The van der Waals surface area contributed by atoms with Crippen molar-refractivity contribution in [2.75, 3.05) is 11.4 Å². The molecule has 0 unspecified atom stereocenters. The van der Waals surface area contributed by atoms with E-state index in [0.29, 0.717) is 22.6 Å². The van der Waals surface area contributed by atoms with Gasteiger partial charge in [0.1, 0.15) is 0 Å². The smallest absolute Gasteiger partial charge is 0.370 e. The van der Waals surface area contributed by atoms with Gasteiger partial charge in [-0.15, -0.1) is 0 Å². The number of amides is 1. The number of guanidine groups is 2. The van der Waals surface area contributed by atoms with E-state index in [1.165, 1.54) is 18.2 Å². The molecule has 118 valence electrons. The van der Waals surface area contributed by atoms with E-state index < -0.39 is 12.1 Å². The molecule has 1 aliphatic rings. The van der Waals surface area contributed by atoms with Crippen LogP contribution in [0.4, 0.5) is 24.5 Å². The van der Waals surface area contributed by atoms with Crippen LogP contribution in [0.5, 0.6) is 0 Å². The van der Waals surface area contributed by atoms with Gasteiger partial charge in [-0.05, 0) is 30.2 Å². The summed E-state index contributed by atoms with van der Waals surface area (Å²) in [5, 5.41) is 0. The first-order valence-corrected chi connectivity index (χ1v) is 6.14. The average molecular weight is 314 g/mol. The standard InChI is InChI=1S/C12H13F3N6O/c13-12(14,15)9(22)21-4-3-6-5-7(1-2-8(6)21)19-11(18)20-10(16)17/h1-2,5H,3-4H2,(H6,16,17,18,19,20). The van der Waals surface area contributed by atoms with E-state index in [9.17, 15) is 18.0 Å². The van der Waals surface area contributed by atoms with Crippen molar-refractivity contribution in [3.8, 4) is 0 Å². The van der Waals surface area contributed by atoms with Crippen molar-refractivity contribution in [2.45, 2.75) is 12.6 Å². The molecule has 0 fully saturated rings. The Morgan fingerprint density at radius 1 is 1.23 bits per heavy atom. The number of alkyl halides is 3. The minimum atomic E-state index is -4.91. The highest BCUT2D eigenvalue weighted by Gasteiger charge is 2.44. The second kappa shape index (κ2) is 5.54. The zero-order valence-electron chi connectivity index (χ0n) is 11.3. The van der Waals surface area contributed by atoms with Gasteiger partial charge in [0, 0.05) is 12.2 Å². The minimum absolute atomic E-state index is 0.0375. The summed E-state index contributed by atoms with van der Waals surface area (Å²) < 4.78 is 37.5. The summed E-state index contributed by atoms with van der Waals surface area (Å²) in [6.07, 6.45) is -4.61. The normalized spacial score (nSPS) is 14.7. The molecule has 0 bridgehead atoms. The number of benzene rings is 1. The average Bonchev–Trinajstić information content (AvgIpc) is 2.78. The van der Waals surface area contributed by atoms with Crippen LogP contribution in [0.15, 0.2) is 28.2 Å². The number of hydrogen-bond donors (Lipinski definition) is 3. The van der Waals surface area contributed by atoms with Crippen LogP contribution in [0.3, 0.4) is 0 Å². The van der Waals surface area contributed by atoms with Gasteiger partial charge in [0.05, 0.1) is 5.69 Å². The summed E-state index contributed by atoms with van der Waals surface area (Å²) in [7, 11) is 0. The first kappa shape index (κ1) is 15.6. The van der Waals surface area contributed by atoms with Crippen LogP contribution in [0.1, 0.15) is 5.56 Å². The van der Waals surface area contributed by atoms with E-state index >= 15 is 0 Å². The summed E-state index contributed by atoms with van der Waals surface area (Å²) in [6.45, 7) is -0.0375. The van der Waals surface area contributed by atoms with E-state index in [-0.39, 0.29) is 24.2 Å². The molecule has 0 aromatic heterocycles. The van der Waals surface area contributed by atoms with Crippen LogP contribution in [0, 0.1) is 0 Å². The third-order valence-electron chi connectivity index (χ3n) is 2.93. The summed E-state index contributed by atoms with van der Waals surface area (Å²) in [5.74, 6) is -2.33. The van der Waals surface area contributed by atoms with Crippen LogP contribution >= 0.6 is 0 Å². The second-order valence-electron chi connectivity index (χ2n) is 4.52. The molecule has 1 aliphatic heterocycles. The van der Waals surface area contributed by atoms with Crippen LogP contribution < -0.4 is 22.1 Å². The summed E-state index contributed by atoms with van der Waals surface area (Å²) in [4.78, 5) is 19.5. The molecule has 1 heterocycles. The number of carbonyl (C=O) groups is 1. The van der Waals surface area contributed by atoms with Crippen LogP contribution in [-0.4, -0.2) is 30.5 Å². The Hall–Kier alpha value is -2.78. The highest BCUT2D eigenvalue weighted by molar-refractivity contribution is 5.99. The topological polar surface area (TPSA) is 123 Å². The van der Waals surface area contributed by atoms with Gasteiger partial charge in [-0.3, -0.25) is 4.79 Å². The Morgan fingerprint density at radius 2 is 1.91 bits per heavy atom. The molecule has 0 saturated carbocycles. The predicted molar refractivity (Wildman–Crippen MR) is 75.6 cm³/mol. The molecule has 0 saturated heterocycles. The van der Waals surface area contributed by atoms with Crippen molar-refractivity contribution in [1.29, 1.82) is 0 Å². The number of fused-ring (bicyclic) bond motifs is 1. The molecule has 2 rings (SSSR count). The van der Waals surface area contributed by atoms with Crippen LogP contribution in [0.2, 0.25) is 0 Å². The Labute approximate surface area is 123 Å². The van der Waals surface area contributed by atoms with Crippen LogP contribution in [0.25, 0.3) is 0 Å². The molecule has 0 atom stereocenters. The molecule has 22 heavy (non-hydrogen) atoms. The molecule has 1 aromatic rings. The van der Waals surface area contributed by atoms with E-state index in [0.717, 1.165) is 0 Å². The van der Waals surface area contributed by atoms with Crippen molar-refractivity contribution in [3.63, 3.8) is 0 Å². The first-order chi connectivity index (χ1) is 10.2. The first-order valence-electron chi connectivity index (χ1n) is 6.14. The van der Waals surface area contributed by atoms with Crippen molar-refractivity contribution in [3.05, 3.63) is 23.8 Å². The van der Waals surface area contributed by atoms with Gasteiger partial charge < -0.3 is 22.1 Å². The Kier molecular flexibility index (Phi) is 3.93. The largest absolute Gasteiger partial charge is 0.471 e. The lowest BCUT2D eigenvalue weighted by Crippen LogP contribution is -2.40. The number of halogens is 3. The molecule has 0 aliphatic carbocycles. The number of nitrogens with zero attached hydrogens (tertiary/aromatic N) is 3. The number of anilines is 1. The van der Waals surface area contributed by atoms with Gasteiger partial charge in [0.25, 0.3) is 0 Å². The van der Waals surface area contributed by atoms with Crippen molar-refractivity contribution >= 4 is 29.2 Å². The quantitative estimate of drug-likeness (QED) is 0.511. The Morgan fingerprint density at radius 3 is 2.50 bits per heavy atom. The van der Waals surface area contributed by atoms with Gasteiger partial charge in [0.15, 0.2) is 5.96 Å². The van der Waals surface area contributed by atoms with Gasteiger partial charge >= 0.3 is 12.1 Å². The van der Waals surface area contributed by atoms with Crippen molar-refractivity contribution in [1.82, 2.24) is 0 Å². The van der Waals surface area contributed by atoms with Gasteiger partial charge in [-0.25, -0.2) is 4.99 Å². The maximum atomic E-state index is 12.5. The summed E-state index contributed by atoms with van der Waals surface area (Å²) in [5.41, 5.74) is 16.9. The molecule has 0 radical (unpaired) electrons. The predicted octanol–water partition coefficient (Wildman–Crippen LogP) is 0.358. The lowest BCUT2D eigenvalue weighted by atomic mass is 10.1. The monoisotopic (exact) mass is 314 g/mol. The van der Waals surface area contributed by atoms with Gasteiger partial charge in [-0.2, -0.15) is 18.2 Å². The fourth-order valence-electron chi connectivity index (χ4n) is 2.11. The summed E-state index contributed by atoms with van der Waals surface area (Å²) >= 11 is 0. The lowest BCUT2D eigenvalue weighted by Gasteiger charge is -2.18. The second-order valence-corrected chi connectivity index (χ2v) is 4.52. The third-order valence-corrected chi connectivity index (χ3v) is 2.93. The van der Waals surface area contributed by atoms with Gasteiger partial charge in [-0.1, -0.05) is 0 Å². The number of aliphatic imine (C=N–C) groups is 2. The number of nitrogens with two attached hydrogens (primary N) is 3. The highest BCUT2D eigenvalue weighted by Crippen LogP contribution is 2.34. The lowest BCUT2D eigenvalue weighted by molar-refractivity contribution is -0.170. The number of carbonyl (C=O) groups excluding carboxylic acids is 1. The molecule has 10 heteroatoms. The van der Waals surface area contributed by atoms with E-state index in [2.05, 4.69) is 9.98 Å². The number of hydrogen-bond acceptors (Lipinski definition) is 2. The fraction of sp³-hybridized carbons (Fsp3) is 0.250. The zero-order valence-corrected chi connectivity index (χ0v) is 11.3. The van der Waals surface area contributed by atoms with Crippen molar-refractivity contribution < 1.29 is 18.0 Å².